The zero-order valence-corrected chi connectivity index (χ0v) is 18.9. The van der Waals surface area contributed by atoms with E-state index in [2.05, 4.69) is 4.98 Å². The van der Waals surface area contributed by atoms with Crippen molar-refractivity contribution < 1.29 is 18.4 Å². The third-order valence-corrected chi connectivity index (χ3v) is 6.40. The number of Topliss-reactive ketones (excluding diaryl/α,β-unsaturated/α-hetero) is 2. The van der Waals surface area contributed by atoms with Gasteiger partial charge in [-0.1, -0.05) is 65.7 Å². The molecule has 0 bridgehead atoms. The van der Waals surface area contributed by atoms with Gasteiger partial charge in [-0.2, -0.15) is 4.98 Å². The third-order valence-electron chi connectivity index (χ3n) is 5.67. The first kappa shape index (κ1) is 20.7. The lowest BCUT2D eigenvalue weighted by Crippen LogP contribution is -1.99. The summed E-state index contributed by atoms with van der Waals surface area (Å²) in [5.74, 6) is -0.163. The van der Waals surface area contributed by atoms with E-state index in [0.717, 1.165) is 16.7 Å². The quantitative estimate of drug-likeness (QED) is 0.195. The number of carbonyl (C=O) groups excluding carboxylic acids is 2. The third kappa shape index (κ3) is 3.37. The molecule has 0 saturated heterocycles. The summed E-state index contributed by atoms with van der Waals surface area (Å²) in [6.45, 7) is 0. The summed E-state index contributed by atoms with van der Waals surface area (Å²) in [7, 11) is 0. The Morgan fingerprint density at radius 3 is 1.91 bits per heavy atom. The molecule has 34 heavy (non-hydrogen) atoms. The fraction of sp³-hybridized carbons (Fsp3) is 0. The lowest BCUT2D eigenvalue weighted by atomic mass is 10.0. The first-order valence-electron chi connectivity index (χ1n) is 10.3. The van der Waals surface area contributed by atoms with Crippen LogP contribution in [0.5, 0.6) is 0 Å². The van der Waals surface area contributed by atoms with E-state index in [1.807, 2.05) is 54.6 Å². The van der Waals surface area contributed by atoms with Crippen molar-refractivity contribution in [2.24, 2.45) is 0 Å². The molecular formula is C27H13Cl2NO4. The minimum atomic E-state index is -0.432. The first-order valence-corrected chi connectivity index (χ1v) is 11.1. The average molecular weight is 486 g/mol. The molecule has 2 heterocycles. The molecule has 0 aliphatic heterocycles. The van der Waals surface area contributed by atoms with Crippen LogP contribution in [0.25, 0.3) is 40.0 Å². The van der Waals surface area contributed by atoms with Crippen molar-refractivity contribution in [3.8, 4) is 22.6 Å². The Morgan fingerprint density at radius 1 is 0.706 bits per heavy atom. The Bertz CT molecular complexity index is 1570. The number of allylic oxidation sites excluding steroid dienone is 1. The molecule has 1 aliphatic carbocycles. The monoisotopic (exact) mass is 485 g/mol. The molecule has 0 N–H and O–H groups in total. The van der Waals surface area contributed by atoms with Gasteiger partial charge in [0.25, 0.3) is 5.71 Å². The molecule has 7 heteroatoms. The number of halogens is 2. The Kier molecular flexibility index (Phi) is 4.76. The number of oxazole rings is 1. The van der Waals surface area contributed by atoms with Crippen LogP contribution in [0.15, 0.2) is 87.2 Å². The lowest BCUT2D eigenvalue weighted by Gasteiger charge is -2.02. The molecule has 164 valence electrons. The summed E-state index contributed by atoms with van der Waals surface area (Å²) in [6.07, 6.45) is 1.39. The molecular weight excluding hydrogens is 473 g/mol. The van der Waals surface area contributed by atoms with Crippen LogP contribution in [0.1, 0.15) is 26.5 Å². The molecule has 0 atom stereocenters. The fourth-order valence-corrected chi connectivity index (χ4v) is 4.30. The van der Waals surface area contributed by atoms with E-state index < -0.39 is 11.6 Å². The van der Waals surface area contributed by atoms with E-state index in [0.29, 0.717) is 11.5 Å². The van der Waals surface area contributed by atoms with E-state index >= 15 is 0 Å². The molecule has 0 saturated carbocycles. The minimum absolute atomic E-state index is 0.0264. The van der Waals surface area contributed by atoms with E-state index in [9.17, 15) is 9.59 Å². The summed E-state index contributed by atoms with van der Waals surface area (Å²) in [5, 5.41) is 0.429. The normalized spacial score (nSPS) is 13.1. The van der Waals surface area contributed by atoms with Crippen LogP contribution in [0.3, 0.4) is 0 Å². The second kappa shape index (κ2) is 7.83. The predicted octanol–water partition coefficient (Wildman–Crippen LogP) is 7.52. The van der Waals surface area contributed by atoms with Gasteiger partial charge in [0.1, 0.15) is 5.76 Å². The topological polar surface area (TPSA) is 73.3 Å². The van der Waals surface area contributed by atoms with Crippen LogP contribution in [-0.4, -0.2) is 16.6 Å². The van der Waals surface area contributed by atoms with Gasteiger partial charge in [0.15, 0.2) is 17.1 Å². The highest BCUT2D eigenvalue weighted by Crippen LogP contribution is 2.35. The number of hydrogen-bond donors (Lipinski definition) is 0. The number of aromatic nitrogens is 1. The molecule has 2 aromatic heterocycles. The van der Waals surface area contributed by atoms with Crippen molar-refractivity contribution in [1.82, 2.24) is 4.98 Å². The lowest BCUT2D eigenvalue weighted by molar-refractivity contribution is 0.0990. The Labute approximate surface area is 203 Å². The van der Waals surface area contributed by atoms with Crippen LogP contribution in [0.2, 0.25) is 10.0 Å². The zero-order valence-electron chi connectivity index (χ0n) is 17.3. The highest BCUT2D eigenvalue weighted by atomic mass is 35.5. The highest BCUT2D eigenvalue weighted by molar-refractivity contribution is 6.46. The van der Waals surface area contributed by atoms with E-state index in [-0.39, 0.29) is 38.2 Å². The molecule has 0 amide bonds. The zero-order chi connectivity index (χ0) is 23.4. The second-order valence-corrected chi connectivity index (χ2v) is 8.62. The molecule has 5 nitrogen and oxygen atoms in total. The summed E-state index contributed by atoms with van der Waals surface area (Å²) in [6, 6.07) is 22.3. The summed E-state index contributed by atoms with van der Waals surface area (Å²) in [4.78, 5) is 29.9. The van der Waals surface area contributed by atoms with Crippen LogP contribution in [0.4, 0.5) is 0 Å². The van der Waals surface area contributed by atoms with E-state index in [1.54, 1.807) is 6.07 Å². The van der Waals surface area contributed by atoms with Crippen molar-refractivity contribution >= 4 is 52.1 Å². The molecule has 6 rings (SSSR count). The van der Waals surface area contributed by atoms with Gasteiger partial charge in [0.05, 0.1) is 15.6 Å². The SMILES string of the molecule is O=C1C(=Cc2cc3oc(-c4ccc(-c5ccccc5)cc4)nc3o2)C(=O)c2cc(Cl)c(Cl)cc21. The number of carbonyl (C=O) groups is 2. The largest absolute Gasteiger partial charge is 0.436 e. The molecule has 0 unspecified atom stereocenters. The number of rotatable bonds is 3. The maximum Gasteiger partial charge on any atom is 0.266 e. The van der Waals surface area contributed by atoms with Crippen molar-refractivity contribution in [2.75, 3.05) is 0 Å². The van der Waals surface area contributed by atoms with Gasteiger partial charge in [-0.15, -0.1) is 0 Å². The molecule has 5 aromatic rings. The van der Waals surface area contributed by atoms with Gasteiger partial charge < -0.3 is 8.83 Å². The van der Waals surface area contributed by atoms with Crippen molar-refractivity contribution in [2.45, 2.75) is 0 Å². The van der Waals surface area contributed by atoms with Gasteiger partial charge >= 0.3 is 0 Å². The van der Waals surface area contributed by atoms with Crippen LogP contribution in [-0.2, 0) is 0 Å². The number of hydrogen-bond acceptors (Lipinski definition) is 5. The van der Waals surface area contributed by atoms with Crippen LogP contribution >= 0.6 is 23.2 Å². The molecule has 0 radical (unpaired) electrons. The Balaban J connectivity index is 1.29. The summed E-state index contributed by atoms with van der Waals surface area (Å²) in [5.41, 5.74) is 4.11. The predicted molar refractivity (Wildman–Crippen MR) is 130 cm³/mol. The summed E-state index contributed by atoms with van der Waals surface area (Å²) >= 11 is 12.0. The number of benzene rings is 3. The molecule has 1 aliphatic rings. The number of furan rings is 1. The van der Waals surface area contributed by atoms with Gasteiger partial charge in [0.2, 0.25) is 5.89 Å². The second-order valence-electron chi connectivity index (χ2n) is 7.81. The first-order chi connectivity index (χ1) is 16.5. The Hall–Kier alpha value is -3.93. The molecule has 0 spiro atoms. The molecule has 3 aromatic carbocycles. The standard InChI is InChI=1S/C27H13Cl2NO4/c28-21-12-18-19(13-22(21)29)25(32)20(24(18)31)10-17-11-23-27(33-17)30-26(34-23)16-8-6-15(7-9-16)14-4-2-1-3-5-14/h1-13H. The van der Waals surface area contributed by atoms with Crippen LogP contribution in [0, 0.1) is 0 Å². The van der Waals surface area contributed by atoms with E-state index in [1.165, 1.54) is 18.2 Å². The van der Waals surface area contributed by atoms with E-state index in [4.69, 9.17) is 32.0 Å². The van der Waals surface area contributed by atoms with Crippen LogP contribution < -0.4 is 0 Å². The van der Waals surface area contributed by atoms with Gasteiger partial charge in [-0.3, -0.25) is 9.59 Å². The maximum absolute atomic E-state index is 12.7. The van der Waals surface area contributed by atoms with Gasteiger partial charge in [0, 0.05) is 22.8 Å². The number of fused-ring (bicyclic) bond motifs is 2. The highest BCUT2D eigenvalue weighted by Gasteiger charge is 2.34. The minimum Gasteiger partial charge on any atom is -0.436 e. The maximum atomic E-state index is 12.7. The Morgan fingerprint density at radius 2 is 1.29 bits per heavy atom. The van der Waals surface area contributed by atoms with Crippen molar-refractivity contribution in [3.63, 3.8) is 0 Å². The molecule has 0 fully saturated rings. The fourth-order valence-electron chi connectivity index (χ4n) is 3.97. The number of nitrogens with zero attached hydrogens (tertiary/aromatic N) is 1. The van der Waals surface area contributed by atoms with Gasteiger partial charge in [-0.05, 0) is 41.5 Å². The smallest absolute Gasteiger partial charge is 0.266 e. The van der Waals surface area contributed by atoms with Crippen molar-refractivity contribution in [3.05, 3.63) is 105 Å². The van der Waals surface area contributed by atoms with Gasteiger partial charge in [-0.25, -0.2) is 0 Å². The van der Waals surface area contributed by atoms with Crippen molar-refractivity contribution in [1.29, 1.82) is 0 Å². The number of ketones is 2. The average Bonchev–Trinajstić information content (AvgIpc) is 3.48. The summed E-state index contributed by atoms with van der Waals surface area (Å²) < 4.78 is 11.6.